The number of hydrogen-bond acceptors (Lipinski definition) is 3. The van der Waals surface area contributed by atoms with Crippen molar-refractivity contribution in [1.29, 1.82) is 0 Å². The Balaban J connectivity index is 1.76. The van der Waals surface area contributed by atoms with Gasteiger partial charge in [0.05, 0.1) is 11.7 Å². The molecule has 0 aliphatic heterocycles. The Morgan fingerprint density at radius 3 is 2.64 bits per heavy atom. The van der Waals surface area contributed by atoms with E-state index in [1.807, 2.05) is 30.3 Å². The molecule has 0 radical (unpaired) electrons. The fourth-order valence-electron chi connectivity index (χ4n) is 2.00. The van der Waals surface area contributed by atoms with Crippen LogP contribution >= 0.6 is 0 Å². The highest BCUT2D eigenvalue weighted by Gasteiger charge is 1.99. The number of rotatable bonds is 2. The standard InChI is InChI=1S/C17H13N3O2/c21-11-17(22)19-15-6-3-12(4-7-15)1-2-13-5-8-16-14(9-13)10-18-20-16/h3-10,21H,11H2,(H,18,20)(H,19,22). The average Bonchev–Trinajstić information content (AvgIpc) is 3.01. The van der Waals surface area contributed by atoms with Crippen molar-refractivity contribution in [3.05, 3.63) is 59.8 Å². The molecule has 0 aliphatic carbocycles. The van der Waals surface area contributed by atoms with Crippen molar-refractivity contribution >= 4 is 22.5 Å². The Morgan fingerprint density at radius 1 is 1.14 bits per heavy atom. The summed E-state index contributed by atoms with van der Waals surface area (Å²) in [6, 6.07) is 13.0. The van der Waals surface area contributed by atoms with Gasteiger partial charge >= 0.3 is 0 Å². The molecule has 0 atom stereocenters. The van der Waals surface area contributed by atoms with Crippen molar-refractivity contribution in [2.45, 2.75) is 0 Å². The van der Waals surface area contributed by atoms with E-state index in [4.69, 9.17) is 5.11 Å². The van der Waals surface area contributed by atoms with Gasteiger partial charge in [0.2, 0.25) is 5.91 Å². The maximum atomic E-state index is 11.1. The van der Waals surface area contributed by atoms with Gasteiger partial charge in [-0.15, -0.1) is 0 Å². The van der Waals surface area contributed by atoms with E-state index in [0.29, 0.717) is 5.69 Å². The first-order chi connectivity index (χ1) is 10.7. The molecule has 3 aromatic rings. The van der Waals surface area contributed by atoms with Crippen LogP contribution in [0.4, 0.5) is 5.69 Å². The second-order valence-corrected chi connectivity index (χ2v) is 4.71. The van der Waals surface area contributed by atoms with Crippen molar-refractivity contribution in [2.24, 2.45) is 0 Å². The minimum absolute atomic E-state index is 0.438. The fourth-order valence-corrected chi connectivity index (χ4v) is 2.00. The van der Waals surface area contributed by atoms with Gasteiger partial charge in [-0.2, -0.15) is 5.10 Å². The quantitative estimate of drug-likeness (QED) is 0.631. The highest BCUT2D eigenvalue weighted by molar-refractivity contribution is 5.91. The molecule has 0 fully saturated rings. The summed E-state index contributed by atoms with van der Waals surface area (Å²) in [6.45, 7) is -0.530. The van der Waals surface area contributed by atoms with Gasteiger partial charge in [0, 0.05) is 22.2 Å². The number of benzene rings is 2. The minimum atomic E-state index is -0.530. The molecule has 0 unspecified atom stereocenters. The Kier molecular flexibility index (Phi) is 3.86. The van der Waals surface area contributed by atoms with Crippen LogP contribution in [0, 0.1) is 11.8 Å². The molecule has 1 amide bonds. The zero-order chi connectivity index (χ0) is 15.4. The second kappa shape index (κ2) is 6.12. The predicted octanol–water partition coefficient (Wildman–Crippen LogP) is 1.89. The van der Waals surface area contributed by atoms with Gasteiger partial charge in [0.1, 0.15) is 6.61 Å². The lowest BCUT2D eigenvalue weighted by molar-refractivity contribution is -0.118. The van der Waals surface area contributed by atoms with Gasteiger partial charge in [0.25, 0.3) is 0 Å². The molecule has 3 N–H and O–H groups in total. The van der Waals surface area contributed by atoms with E-state index in [0.717, 1.165) is 22.0 Å². The number of hydrogen-bond donors (Lipinski definition) is 3. The monoisotopic (exact) mass is 291 g/mol. The molecule has 5 heteroatoms. The number of aromatic nitrogens is 2. The molecule has 3 rings (SSSR count). The number of amides is 1. The summed E-state index contributed by atoms with van der Waals surface area (Å²) in [4.78, 5) is 11.1. The molecule has 1 aromatic heterocycles. The topological polar surface area (TPSA) is 78.0 Å². The van der Waals surface area contributed by atoms with Gasteiger partial charge in [-0.3, -0.25) is 9.89 Å². The van der Waals surface area contributed by atoms with Crippen LogP contribution in [-0.4, -0.2) is 27.8 Å². The highest BCUT2D eigenvalue weighted by atomic mass is 16.3. The molecular formula is C17H13N3O2. The van der Waals surface area contributed by atoms with Crippen molar-refractivity contribution in [3.63, 3.8) is 0 Å². The molecule has 0 bridgehead atoms. The van der Waals surface area contributed by atoms with Crippen LogP contribution in [0.1, 0.15) is 11.1 Å². The number of nitrogens with one attached hydrogen (secondary N) is 2. The summed E-state index contributed by atoms with van der Waals surface area (Å²) in [6.07, 6.45) is 1.76. The summed E-state index contributed by atoms with van der Waals surface area (Å²) in [7, 11) is 0. The van der Waals surface area contributed by atoms with Crippen LogP contribution in [0.15, 0.2) is 48.7 Å². The molecule has 22 heavy (non-hydrogen) atoms. The lowest BCUT2D eigenvalue weighted by Crippen LogP contribution is -2.15. The van der Waals surface area contributed by atoms with E-state index in [2.05, 4.69) is 27.4 Å². The predicted molar refractivity (Wildman–Crippen MR) is 84.2 cm³/mol. The average molecular weight is 291 g/mol. The van der Waals surface area contributed by atoms with E-state index in [1.54, 1.807) is 18.3 Å². The third-order valence-corrected chi connectivity index (χ3v) is 3.10. The van der Waals surface area contributed by atoms with Gasteiger partial charge in [-0.1, -0.05) is 11.8 Å². The number of carbonyl (C=O) groups excluding carboxylic acids is 1. The van der Waals surface area contributed by atoms with Gasteiger partial charge < -0.3 is 10.4 Å². The lowest BCUT2D eigenvalue weighted by Gasteiger charge is -2.02. The van der Waals surface area contributed by atoms with E-state index >= 15 is 0 Å². The van der Waals surface area contributed by atoms with E-state index < -0.39 is 12.5 Å². The molecule has 0 aliphatic rings. The van der Waals surface area contributed by atoms with Crippen LogP contribution in [0.2, 0.25) is 0 Å². The normalized spacial score (nSPS) is 10.0. The van der Waals surface area contributed by atoms with Crippen molar-refractivity contribution in [2.75, 3.05) is 11.9 Å². The maximum absolute atomic E-state index is 11.1. The number of carbonyl (C=O) groups is 1. The Bertz CT molecular complexity index is 870. The van der Waals surface area contributed by atoms with Crippen molar-refractivity contribution in [3.8, 4) is 11.8 Å². The molecular weight excluding hydrogens is 278 g/mol. The van der Waals surface area contributed by atoms with Gasteiger partial charge in [-0.05, 0) is 42.5 Å². The minimum Gasteiger partial charge on any atom is -0.387 e. The smallest absolute Gasteiger partial charge is 0.250 e. The summed E-state index contributed by atoms with van der Waals surface area (Å²) < 4.78 is 0. The first kappa shape index (κ1) is 13.9. The number of anilines is 1. The SMILES string of the molecule is O=C(CO)Nc1ccc(C#Cc2ccc3[nH]ncc3c2)cc1. The van der Waals surface area contributed by atoms with Crippen LogP contribution in [-0.2, 0) is 4.79 Å². The maximum Gasteiger partial charge on any atom is 0.250 e. The summed E-state index contributed by atoms with van der Waals surface area (Å²) >= 11 is 0. The first-order valence-electron chi connectivity index (χ1n) is 6.70. The fraction of sp³-hybridized carbons (Fsp3) is 0.0588. The molecule has 108 valence electrons. The largest absolute Gasteiger partial charge is 0.387 e. The van der Waals surface area contributed by atoms with Crippen LogP contribution in [0.25, 0.3) is 10.9 Å². The third kappa shape index (κ3) is 3.14. The number of aromatic amines is 1. The summed E-state index contributed by atoms with van der Waals surface area (Å²) in [5.74, 6) is 5.73. The third-order valence-electron chi connectivity index (χ3n) is 3.10. The molecule has 0 saturated heterocycles. The summed E-state index contributed by atoms with van der Waals surface area (Å²) in [5.41, 5.74) is 3.36. The van der Waals surface area contributed by atoms with Crippen molar-refractivity contribution in [1.82, 2.24) is 10.2 Å². The zero-order valence-electron chi connectivity index (χ0n) is 11.6. The Labute approximate surface area is 127 Å². The number of aliphatic hydroxyl groups excluding tert-OH is 1. The Hall–Kier alpha value is -3.10. The second-order valence-electron chi connectivity index (χ2n) is 4.71. The lowest BCUT2D eigenvalue weighted by atomic mass is 10.1. The molecule has 0 saturated carbocycles. The summed E-state index contributed by atoms with van der Waals surface area (Å²) in [5, 5.41) is 19.1. The van der Waals surface area contributed by atoms with E-state index in [-0.39, 0.29) is 0 Å². The van der Waals surface area contributed by atoms with E-state index in [9.17, 15) is 4.79 Å². The van der Waals surface area contributed by atoms with Gasteiger partial charge in [-0.25, -0.2) is 0 Å². The zero-order valence-corrected chi connectivity index (χ0v) is 11.6. The molecule has 0 spiro atoms. The van der Waals surface area contributed by atoms with Crippen LogP contribution < -0.4 is 5.32 Å². The number of H-pyrrole nitrogens is 1. The number of aliphatic hydroxyl groups is 1. The molecule has 2 aromatic carbocycles. The number of nitrogens with zero attached hydrogens (tertiary/aromatic N) is 1. The molecule has 5 nitrogen and oxygen atoms in total. The van der Waals surface area contributed by atoms with Crippen LogP contribution in [0.3, 0.4) is 0 Å². The first-order valence-corrected chi connectivity index (χ1v) is 6.70. The Morgan fingerprint density at radius 2 is 1.86 bits per heavy atom. The highest BCUT2D eigenvalue weighted by Crippen LogP contribution is 2.12. The van der Waals surface area contributed by atoms with Crippen molar-refractivity contribution < 1.29 is 9.90 Å². The van der Waals surface area contributed by atoms with E-state index in [1.165, 1.54) is 0 Å². The van der Waals surface area contributed by atoms with Gasteiger partial charge in [0.15, 0.2) is 0 Å². The molecule has 1 heterocycles. The number of fused-ring (bicyclic) bond motifs is 1. The van der Waals surface area contributed by atoms with Crippen LogP contribution in [0.5, 0.6) is 0 Å².